The van der Waals surface area contributed by atoms with Gasteiger partial charge in [0.25, 0.3) is 5.91 Å². The molecule has 0 saturated carbocycles. The summed E-state index contributed by atoms with van der Waals surface area (Å²) in [4.78, 5) is 24.7. The molecule has 1 aromatic rings. The largest absolute Gasteiger partial charge is 0.498 e. The molecule has 2 aliphatic rings. The Bertz CT molecular complexity index is 729. The molecule has 2 aliphatic heterocycles. The second kappa shape index (κ2) is 8.78. The molecule has 2 N–H and O–H groups in total. The van der Waals surface area contributed by atoms with Crippen molar-refractivity contribution < 1.29 is 24.3 Å². The van der Waals surface area contributed by atoms with Crippen LogP contribution in [-0.4, -0.2) is 88.7 Å². The average molecular weight is 420 g/mol. The van der Waals surface area contributed by atoms with Crippen molar-refractivity contribution in [3.8, 4) is 0 Å². The maximum Gasteiger partial charge on any atom is 0.498 e. The smallest absolute Gasteiger partial charge is 0.399 e. The molecule has 10 heteroatoms. The van der Waals surface area contributed by atoms with Crippen LogP contribution in [0.1, 0.15) is 40.5 Å². The van der Waals surface area contributed by atoms with Crippen LogP contribution in [0.3, 0.4) is 0 Å². The van der Waals surface area contributed by atoms with Crippen molar-refractivity contribution in [2.75, 3.05) is 38.2 Å². The molecule has 2 fully saturated rings. The van der Waals surface area contributed by atoms with E-state index >= 15 is 0 Å². The van der Waals surface area contributed by atoms with Crippen LogP contribution in [0, 0.1) is 5.92 Å². The summed E-state index contributed by atoms with van der Waals surface area (Å²) in [7, 11) is 1.43. The highest BCUT2D eigenvalue weighted by Gasteiger charge is 2.52. The number of hydrogen-bond acceptors (Lipinski definition) is 8. The monoisotopic (exact) mass is 420 g/mol. The summed E-state index contributed by atoms with van der Waals surface area (Å²) in [6.07, 6.45) is 3.97. The fourth-order valence-electron chi connectivity index (χ4n) is 3.80. The molecule has 0 radical (unpaired) electrons. The van der Waals surface area contributed by atoms with E-state index in [-0.39, 0.29) is 5.92 Å². The molecule has 3 heterocycles. The van der Waals surface area contributed by atoms with Crippen LogP contribution in [0.2, 0.25) is 0 Å². The molecular formula is C20H33BN4O5. The Balaban J connectivity index is 1.59. The SMILES string of the molecule is CN(C[C@H]1CCCN(C(=O)[C@@H](O)CO)C1)c1ncc(B2OC(C)(C)C(C)(C)O2)cn1. The number of aliphatic hydroxyl groups excluding tert-OH is 2. The first-order chi connectivity index (χ1) is 14.0. The van der Waals surface area contributed by atoms with Crippen LogP contribution in [0.15, 0.2) is 12.4 Å². The number of nitrogens with zero attached hydrogens (tertiary/aromatic N) is 4. The van der Waals surface area contributed by atoms with Gasteiger partial charge in [-0.25, -0.2) is 9.97 Å². The summed E-state index contributed by atoms with van der Waals surface area (Å²) in [6, 6.07) is 0. The highest BCUT2D eigenvalue weighted by atomic mass is 16.7. The van der Waals surface area contributed by atoms with Gasteiger partial charge in [-0.2, -0.15) is 0 Å². The molecule has 0 aromatic carbocycles. The van der Waals surface area contributed by atoms with Crippen molar-refractivity contribution in [3.63, 3.8) is 0 Å². The highest BCUT2D eigenvalue weighted by Crippen LogP contribution is 2.36. The van der Waals surface area contributed by atoms with Crippen molar-refractivity contribution in [3.05, 3.63) is 12.4 Å². The molecule has 0 spiro atoms. The van der Waals surface area contributed by atoms with E-state index in [1.54, 1.807) is 17.3 Å². The first-order valence-electron chi connectivity index (χ1n) is 10.5. The zero-order valence-electron chi connectivity index (χ0n) is 18.5. The minimum absolute atomic E-state index is 0.241. The molecule has 0 bridgehead atoms. The first-order valence-corrected chi connectivity index (χ1v) is 10.5. The first kappa shape index (κ1) is 22.9. The number of likely N-dealkylation sites (tertiary alicyclic amines) is 1. The van der Waals surface area contributed by atoms with Gasteiger partial charge in [0, 0.05) is 44.5 Å². The maximum atomic E-state index is 12.1. The van der Waals surface area contributed by atoms with Gasteiger partial charge in [-0.15, -0.1) is 0 Å². The molecule has 0 aliphatic carbocycles. The Hall–Kier alpha value is -1.75. The lowest BCUT2D eigenvalue weighted by atomic mass is 9.81. The number of hydrogen-bond donors (Lipinski definition) is 2. The zero-order valence-corrected chi connectivity index (χ0v) is 18.5. The number of aromatic nitrogens is 2. The molecule has 1 amide bonds. The lowest BCUT2D eigenvalue weighted by Gasteiger charge is -2.35. The number of aliphatic hydroxyl groups is 2. The molecule has 9 nitrogen and oxygen atoms in total. The molecule has 2 saturated heterocycles. The predicted molar refractivity (Wildman–Crippen MR) is 113 cm³/mol. The maximum absolute atomic E-state index is 12.1. The fraction of sp³-hybridized carbons (Fsp3) is 0.750. The minimum atomic E-state index is -1.34. The van der Waals surface area contributed by atoms with Gasteiger partial charge < -0.3 is 29.3 Å². The quantitative estimate of drug-likeness (QED) is 0.610. The molecular weight excluding hydrogens is 387 g/mol. The van der Waals surface area contributed by atoms with E-state index in [2.05, 4.69) is 9.97 Å². The van der Waals surface area contributed by atoms with E-state index in [1.807, 2.05) is 39.6 Å². The third-order valence-corrected chi connectivity index (χ3v) is 6.35. The summed E-state index contributed by atoms with van der Waals surface area (Å²) in [6.45, 7) is 9.32. The number of rotatable bonds is 6. The van der Waals surface area contributed by atoms with Crippen molar-refractivity contribution in [1.29, 1.82) is 0 Å². The van der Waals surface area contributed by atoms with Crippen LogP contribution in [-0.2, 0) is 14.1 Å². The van der Waals surface area contributed by atoms with Crippen LogP contribution in [0.4, 0.5) is 5.95 Å². The van der Waals surface area contributed by atoms with Gasteiger partial charge in [0.15, 0.2) is 6.10 Å². The van der Waals surface area contributed by atoms with Crippen LogP contribution >= 0.6 is 0 Å². The molecule has 166 valence electrons. The van der Waals surface area contributed by atoms with E-state index in [0.717, 1.165) is 18.3 Å². The Labute approximate surface area is 178 Å². The van der Waals surface area contributed by atoms with Crippen LogP contribution in [0.25, 0.3) is 0 Å². The third-order valence-electron chi connectivity index (χ3n) is 6.35. The third kappa shape index (κ3) is 4.77. The molecule has 1 aromatic heterocycles. The van der Waals surface area contributed by atoms with Crippen molar-refractivity contribution in [2.24, 2.45) is 5.92 Å². The number of carbonyl (C=O) groups is 1. The normalized spacial score (nSPS) is 24.0. The van der Waals surface area contributed by atoms with Gasteiger partial charge in [-0.05, 0) is 46.5 Å². The number of amides is 1. The van der Waals surface area contributed by atoms with E-state index < -0.39 is 36.9 Å². The second-order valence-electron chi connectivity index (χ2n) is 9.28. The Morgan fingerprint density at radius 2 is 1.90 bits per heavy atom. The lowest BCUT2D eigenvalue weighted by Crippen LogP contribution is -2.48. The topological polar surface area (TPSA) is 108 Å². The van der Waals surface area contributed by atoms with Gasteiger partial charge in [-0.1, -0.05) is 0 Å². The zero-order chi connectivity index (χ0) is 22.1. The molecule has 30 heavy (non-hydrogen) atoms. The van der Waals surface area contributed by atoms with E-state index in [1.165, 1.54) is 0 Å². The van der Waals surface area contributed by atoms with E-state index in [0.29, 0.717) is 25.6 Å². The Morgan fingerprint density at radius 3 is 2.47 bits per heavy atom. The molecule has 3 rings (SSSR count). The van der Waals surface area contributed by atoms with Crippen LogP contribution < -0.4 is 10.4 Å². The van der Waals surface area contributed by atoms with Crippen molar-refractivity contribution >= 4 is 24.4 Å². The van der Waals surface area contributed by atoms with E-state index in [4.69, 9.17) is 14.4 Å². The van der Waals surface area contributed by atoms with Gasteiger partial charge >= 0.3 is 7.12 Å². The van der Waals surface area contributed by atoms with E-state index in [9.17, 15) is 9.90 Å². The van der Waals surface area contributed by atoms with Crippen molar-refractivity contribution in [1.82, 2.24) is 14.9 Å². The summed E-state index contributed by atoms with van der Waals surface area (Å²) in [5, 5.41) is 18.6. The van der Waals surface area contributed by atoms with Crippen molar-refractivity contribution in [2.45, 2.75) is 57.8 Å². The summed E-state index contributed by atoms with van der Waals surface area (Å²) in [5.74, 6) is 0.423. The molecule has 2 atom stereocenters. The minimum Gasteiger partial charge on any atom is -0.399 e. The summed E-state index contributed by atoms with van der Waals surface area (Å²) >= 11 is 0. The number of anilines is 1. The molecule has 0 unspecified atom stereocenters. The fourth-order valence-corrected chi connectivity index (χ4v) is 3.80. The average Bonchev–Trinajstić information content (AvgIpc) is 2.94. The summed E-state index contributed by atoms with van der Waals surface area (Å²) < 4.78 is 12.1. The summed E-state index contributed by atoms with van der Waals surface area (Å²) in [5.41, 5.74) is -0.0552. The van der Waals surface area contributed by atoms with Gasteiger partial charge in [-0.3, -0.25) is 4.79 Å². The lowest BCUT2D eigenvalue weighted by molar-refractivity contribution is -0.143. The van der Waals surface area contributed by atoms with Gasteiger partial charge in [0.1, 0.15) is 0 Å². The number of carbonyl (C=O) groups excluding carboxylic acids is 1. The predicted octanol–water partition coefficient (Wildman–Crippen LogP) is -0.196. The second-order valence-corrected chi connectivity index (χ2v) is 9.28. The highest BCUT2D eigenvalue weighted by molar-refractivity contribution is 6.61. The number of piperidine rings is 1. The van der Waals surface area contributed by atoms with Crippen LogP contribution in [0.5, 0.6) is 0 Å². The van der Waals surface area contributed by atoms with Gasteiger partial charge in [0.2, 0.25) is 5.95 Å². The van der Waals surface area contributed by atoms with Gasteiger partial charge in [0.05, 0.1) is 17.8 Å². The standard InChI is InChI=1S/C20H33BN4O5/c1-19(2)20(3,4)30-21(29-19)15-9-22-18(23-10-15)24(5)11-14-7-6-8-25(12-14)17(28)16(27)13-26/h9-10,14,16,26-27H,6-8,11-13H2,1-5H3/t14-,16+/m1/s1. The Kier molecular flexibility index (Phi) is 6.71. The Morgan fingerprint density at radius 1 is 1.30 bits per heavy atom.